The van der Waals surface area contributed by atoms with Crippen molar-refractivity contribution in [3.05, 3.63) is 54.3 Å². The second kappa shape index (κ2) is 7.13. The molecule has 0 unspecified atom stereocenters. The van der Waals surface area contributed by atoms with Gasteiger partial charge in [-0.2, -0.15) is 0 Å². The standard InChI is InChI=1S/C14H9Br3ClNO2/c1-21-13-6-12(9(16)5-10(13)17)19-14(20)7-2-3-11(18)8(15)4-7/h2-6H,1H3,(H,19,20). The van der Waals surface area contributed by atoms with E-state index in [4.69, 9.17) is 16.3 Å². The highest BCUT2D eigenvalue weighted by atomic mass is 79.9. The van der Waals surface area contributed by atoms with E-state index in [0.717, 1.165) is 8.95 Å². The van der Waals surface area contributed by atoms with Gasteiger partial charge in [0.15, 0.2) is 0 Å². The Morgan fingerprint density at radius 3 is 2.43 bits per heavy atom. The zero-order valence-corrected chi connectivity index (χ0v) is 16.2. The largest absolute Gasteiger partial charge is 0.495 e. The van der Waals surface area contributed by atoms with Gasteiger partial charge in [-0.05, 0) is 72.1 Å². The van der Waals surface area contributed by atoms with E-state index in [2.05, 4.69) is 53.1 Å². The highest BCUT2D eigenvalue weighted by Crippen LogP contribution is 2.35. The molecule has 3 nitrogen and oxygen atoms in total. The average Bonchev–Trinajstić information content (AvgIpc) is 2.44. The third-order valence-electron chi connectivity index (χ3n) is 2.67. The fourth-order valence-electron chi connectivity index (χ4n) is 1.61. The van der Waals surface area contributed by atoms with Gasteiger partial charge in [0.25, 0.3) is 5.91 Å². The third-order valence-corrected chi connectivity index (χ3v) is 5.16. The zero-order chi connectivity index (χ0) is 15.6. The van der Waals surface area contributed by atoms with Crippen LogP contribution >= 0.6 is 59.4 Å². The van der Waals surface area contributed by atoms with Crippen LogP contribution in [-0.4, -0.2) is 13.0 Å². The molecule has 2 aromatic rings. The van der Waals surface area contributed by atoms with Crippen LogP contribution in [-0.2, 0) is 0 Å². The van der Waals surface area contributed by atoms with Gasteiger partial charge in [-0.15, -0.1) is 0 Å². The Bertz CT molecular complexity index is 707. The topological polar surface area (TPSA) is 38.3 Å². The highest BCUT2D eigenvalue weighted by molar-refractivity contribution is 9.11. The van der Waals surface area contributed by atoms with Crippen LogP contribution in [0.25, 0.3) is 0 Å². The van der Waals surface area contributed by atoms with Gasteiger partial charge in [-0.25, -0.2) is 0 Å². The van der Waals surface area contributed by atoms with E-state index in [1.165, 1.54) is 0 Å². The highest BCUT2D eigenvalue weighted by Gasteiger charge is 2.12. The van der Waals surface area contributed by atoms with Crippen LogP contribution in [0.4, 0.5) is 5.69 Å². The van der Waals surface area contributed by atoms with E-state index in [9.17, 15) is 4.79 Å². The van der Waals surface area contributed by atoms with E-state index in [1.807, 2.05) is 6.07 Å². The molecule has 7 heteroatoms. The van der Waals surface area contributed by atoms with Gasteiger partial charge in [0, 0.05) is 20.6 Å². The summed E-state index contributed by atoms with van der Waals surface area (Å²) in [5.74, 6) is 0.392. The van der Waals surface area contributed by atoms with Crippen LogP contribution in [0.3, 0.4) is 0 Å². The van der Waals surface area contributed by atoms with E-state index in [1.54, 1.807) is 31.4 Å². The predicted molar refractivity (Wildman–Crippen MR) is 95.5 cm³/mol. The van der Waals surface area contributed by atoms with Gasteiger partial charge >= 0.3 is 0 Å². The van der Waals surface area contributed by atoms with E-state index < -0.39 is 0 Å². The number of halogens is 4. The first-order valence-electron chi connectivity index (χ1n) is 5.72. The Kier molecular flexibility index (Phi) is 5.71. The summed E-state index contributed by atoms with van der Waals surface area (Å²) < 4.78 is 7.43. The van der Waals surface area contributed by atoms with Gasteiger partial charge in [0.2, 0.25) is 0 Å². The van der Waals surface area contributed by atoms with Gasteiger partial charge < -0.3 is 10.1 Å². The fraction of sp³-hybridized carbons (Fsp3) is 0.0714. The molecule has 0 heterocycles. The first kappa shape index (κ1) is 16.8. The third kappa shape index (κ3) is 4.00. The number of amides is 1. The van der Waals surface area contributed by atoms with Crippen LogP contribution in [0.5, 0.6) is 5.75 Å². The average molecular weight is 498 g/mol. The summed E-state index contributed by atoms with van der Waals surface area (Å²) in [6.07, 6.45) is 0. The number of hydrogen-bond donors (Lipinski definition) is 1. The second-order valence-electron chi connectivity index (χ2n) is 4.05. The Labute approximate surface area is 152 Å². The lowest BCUT2D eigenvalue weighted by molar-refractivity contribution is 0.102. The van der Waals surface area contributed by atoms with Crippen molar-refractivity contribution in [2.24, 2.45) is 0 Å². The monoisotopic (exact) mass is 495 g/mol. The molecule has 0 aliphatic carbocycles. The SMILES string of the molecule is COc1cc(NC(=O)c2ccc(Cl)c(Br)c2)c(Br)cc1Br. The molecule has 2 rings (SSSR count). The summed E-state index contributed by atoms with van der Waals surface area (Å²) in [6.45, 7) is 0. The molecule has 1 amide bonds. The van der Waals surface area contributed by atoms with Gasteiger partial charge in [0.1, 0.15) is 5.75 Å². The summed E-state index contributed by atoms with van der Waals surface area (Å²) in [5, 5.41) is 3.38. The second-order valence-corrected chi connectivity index (χ2v) is 7.02. The van der Waals surface area contributed by atoms with Gasteiger partial charge in [0.05, 0.1) is 22.3 Å². The minimum atomic E-state index is -0.238. The van der Waals surface area contributed by atoms with Crippen molar-refractivity contribution in [1.29, 1.82) is 0 Å². The lowest BCUT2D eigenvalue weighted by atomic mass is 10.2. The lowest BCUT2D eigenvalue weighted by Crippen LogP contribution is -2.12. The molecule has 0 bridgehead atoms. The molecule has 2 aromatic carbocycles. The van der Waals surface area contributed by atoms with Crippen molar-refractivity contribution < 1.29 is 9.53 Å². The summed E-state index contributed by atoms with van der Waals surface area (Å²) in [4.78, 5) is 12.3. The number of anilines is 1. The zero-order valence-electron chi connectivity index (χ0n) is 10.7. The Morgan fingerprint density at radius 2 is 1.81 bits per heavy atom. The van der Waals surface area contributed by atoms with Crippen molar-refractivity contribution in [3.8, 4) is 5.75 Å². The molecular formula is C14H9Br3ClNO2. The predicted octanol–water partition coefficient (Wildman–Crippen LogP) is 5.89. The van der Waals surface area contributed by atoms with E-state index >= 15 is 0 Å². The van der Waals surface area contributed by atoms with Crippen LogP contribution in [0, 0.1) is 0 Å². The van der Waals surface area contributed by atoms with E-state index in [-0.39, 0.29) is 5.91 Å². The van der Waals surface area contributed by atoms with Crippen molar-refractivity contribution in [2.75, 3.05) is 12.4 Å². The molecule has 0 fully saturated rings. The maximum absolute atomic E-state index is 12.3. The van der Waals surface area contributed by atoms with Crippen molar-refractivity contribution in [2.45, 2.75) is 0 Å². The van der Waals surface area contributed by atoms with Gasteiger partial charge in [-0.3, -0.25) is 4.79 Å². The lowest BCUT2D eigenvalue weighted by Gasteiger charge is -2.11. The maximum Gasteiger partial charge on any atom is 0.255 e. The van der Waals surface area contributed by atoms with Crippen molar-refractivity contribution in [3.63, 3.8) is 0 Å². The molecule has 0 aromatic heterocycles. The van der Waals surface area contributed by atoms with Crippen molar-refractivity contribution in [1.82, 2.24) is 0 Å². The quantitative estimate of drug-likeness (QED) is 0.574. The minimum absolute atomic E-state index is 0.238. The molecule has 0 spiro atoms. The molecular weight excluding hydrogens is 489 g/mol. The Balaban J connectivity index is 2.29. The molecule has 0 radical (unpaired) electrons. The normalized spacial score (nSPS) is 10.3. The number of carbonyl (C=O) groups excluding carboxylic acids is 1. The minimum Gasteiger partial charge on any atom is -0.495 e. The van der Waals surface area contributed by atoms with Gasteiger partial charge in [-0.1, -0.05) is 11.6 Å². The smallest absolute Gasteiger partial charge is 0.255 e. The van der Waals surface area contributed by atoms with Crippen LogP contribution < -0.4 is 10.1 Å². The molecule has 0 saturated heterocycles. The Morgan fingerprint density at radius 1 is 1.10 bits per heavy atom. The number of rotatable bonds is 3. The number of benzene rings is 2. The Hall–Kier alpha value is -0.560. The molecule has 0 aliphatic rings. The number of hydrogen-bond acceptors (Lipinski definition) is 2. The van der Waals surface area contributed by atoms with Crippen molar-refractivity contribution >= 4 is 71.0 Å². The summed E-state index contributed by atoms with van der Waals surface area (Å²) in [5.41, 5.74) is 1.12. The molecule has 0 atom stereocenters. The molecule has 21 heavy (non-hydrogen) atoms. The summed E-state index contributed by atoms with van der Waals surface area (Å²) in [7, 11) is 1.57. The molecule has 0 aliphatic heterocycles. The van der Waals surface area contributed by atoms with E-state index in [0.29, 0.717) is 26.5 Å². The number of carbonyl (C=O) groups is 1. The summed E-state index contributed by atoms with van der Waals surface area (Å²) >= 11 is 16.0. The summed E-state index contributed by atoms with van der Waals surface area (Å²) in [6, 6.07) is 8.54. The molecule has 1 N–H and O–H groups in total. The molecule has 110 valence electrons. The number of methoxy groups -OCH3 is 1. The maximum atomic E-state index is 12.3. The number of nitrogens with one attached hydrogen (secondary N) is 1. The van der Waals surface area contributed by atoms with Crippen LogP contribution in [0.15, 0.2) is 43.7 Å². The van der Waals surface area contributed by atoms with Crippen LogP contribution in [0.2, 0.25) is 5.02 Å². The van der Waals surface area contributed by atoms with Crippen LogP contribution in [0.1, 0.15) is 10.4 Å². The first-order valence-corrected chi connectivity index (χ1v) is 8.47. The molecule has 0 saturated carbocycles. The number of ether oxygens (including phenoxy) is 1. The fourth-order valence-corrected chi connectivity index (χ4v) is 3.36. The first-order chi connectivity index (χ1) is 9.92.